The Morgan fingerprint density at radius 2 is 1.92 bits per heavy atom. The van der Waals surface area contributed by atoms with Gasteiger partial charge in [-0.1, -0.05) is 25.1 Å². The van der Waals surface area contributed by atoms with E-state index in [-0.39, 0.29) is 5.82 Å². The maximum atomic E-state index is 13.7. The number of hydrogen-bond acceptors (Lipinski definition) is 5. The van der Waals surface area contributed by atoms with Crippen molar-refractivity contribution in [3.8, 4) is 0 Å². The molecule has 1 saturated heterocycles. The molecule has 4 nitrogen and oxygen atoms in total. The number of thiazole rings is 1. The Hall–Kier alpha value is -1.34. The standard InChI is InChI=1S/C18H24FN3OS/c1-2-18-20-14(13-24-18)11-21-7-9-22(10-8-21)12-17(23)15-5-3-4-6-16(15)19/h3-6,13,17,23H,2,7-12H2,1H3. The molecule has 0 saturated carbocycles. The number of hydrogen-bond donors (Lipinski definition) is 1. The normalized spacial score (nSPS) is 18.0. The highest BCUT2D eigenvalue weighted by atomic mass is 32.1. The molecule has 1 unspecified atom stereocenters. The predicted octanol–water partition coefficient (Wildman–Crippen LogP) is 2.70. The van der Waals surface area contributed by atoms with Gasteiger partial charge in [0, 0.05) is 50.2 Å². The largest absolute Gasteiger partial charge is 0.387 e. The minimum absolute atomic E-state index is 0.334. The molecule has 1 aromatic heterocycles. The first kappa shape index (κ1) is 17.5. The lowest BCUT2D eigenvalue weighted by molar-refractivity contribution is 0.0681. The van der Waals surface area contributed by atoms with Gasteiger partial charge in [-0.05, 0) is 12.5 Å². The zero-order chi connectivity index (χ0) is 16.9. The quantitative estimate of drug-likeness (QED) is 0.870. The maximum Gasteiger partial charge on any atom is 0.129 e. The second kappa shape index (κ2) is 8.16. The predicted molar refractivity (Wildman–Crippen MR) is 94.6 cm³/mol. The topological polar surface area (TPSA) is 39.6 Å². The highest BCUT2D eigenvalue weighted by molar-refractivity contribution is 7.09. The lowest BCUT2D eigenvalue weighted by Crippen LogP contribution is -2.47. The number of aliphatic hydroxyl groups is 1. The minimum Gasteiger partial charge on any atom is -0.387 e. The number of rotatable bonds is 6. The molecule has 2 heterocycles. The molecule has 0 bridgehead atoms. The average Bonchev–Trinajstić information content (AvgIpc) is 3.04. The fourth-order valence-electron chi connectivity index (χ4n) is 3.03. The van der Waals surface area contributed by atoms with E-state index < -0.39 is 6.10 Å². The van der Waals surface area contributed by atoms with Gasteiger partial charge in [-0.2, -0.15) is 0 Å². The van der Waals surface area contributed by atoms with E-state index in [2.05, 4.69) is 27.1 Å². The van der Waals surface area contributed by atoms with Crippen LogP contribution in [0.2, 0.25) is 0 Å². The Kier molecular flexibility index (Phi) is 5.94. The summed E-state index contributed by atoms with van der Waals surface area (Å²) in [6.07, 6.45) is 0.218. The summed E-state index contributed by atoms with van der Waals surface area (Å²) in [5.41, 5.74) is 1.53. The SMILES string of the molecule is CCc1nc(CN2CCN(CC(O)c3ccccc3F)CC2)cs1. The van der Waals surface area contributed by atoms with E-state index >= 15 is 0 Å². The second-order valence-corrected chi connectivity index (χ2v) is 7.14. The molecule has 1 aliphatic heterocycles. The number of halogens is 1. The fourth-order valence-corrected chi connectivity index (χ4v) is 3.77. The number of piperazine rings is 1. The van der Waals surface area contributed by atoms with Crippen LogP contribution in [0.15, 0.2) is 29.6 Å². The summed E-state index contributed by atoms with van der Waals surface area (Å²) in [5.74, 6) is -0.334. The fraction of sp³-hybridized carbons (Fsp3) is 0.500. The van der Waals surface area contributed by atoms with Crippen LogP contribution in [0.1, 0.15) is 29.3 Å². The molecule has 0 amide bonds. The number of aromatic nitrogens is 1. The number of β-amino-alcohol motifs (C(OH)–C–C–N with tert-alkyl or cyclic N) is 1. The van der Waals surface area contributed by atoms with Gasteiger partial charge in [-0.15, -0.1) is 11.3 Å². The van der Waals surface area contributed by atoms with E-state index in [9.17, 15) is 9.50 Å². The Morgan fingerprint density at radius 1 is 1.21 bits per heavy atom. The maximum absolute atomic E-state index is 13.7. The van der Waals surface area contributed by atoms with Crippen LogP contribution in [0.4, 0.5) is 4.39 Å². The van der Waals surface area contributed by atoms with Gasteiger partial charge in [-0.3, -0.25) is 9.80 Å². The number of aryl methyl sites for hydroxylation is 1. The first-order chi connectivity index (χ1) is 11.7. The summed E-state index contributed by atoms with van der Waals surface area (Å²) < 4.78 is 13.7. The minimum atomic E-state index is -0.775. The molecule has 1 aromatic carbocycles. The third kappa shape index (κ3) is 4.39. The van der Waals surface area contributed by atoms with Crippen LogP contribution in [0.5, 0.6) is 0 Å². The van der Waals surface area contributed by atoms with Gasteiger partial charge in [0.15, 0.2) is 0 Å². The number of benzene rings is 1. The summed E-state index contributed by atoms with van der Waals surface area (Å²) in [4.78, 5) is 9.21. The van der Waals surface area contributed by atoms with Crippen LogP contribution in [0.25, 0.3) is 0 Å². The van der Waals surface area contributed by atoms with Crippen molar-refractivity contribution in [3.05, 3.63) is 51.7 Å². The van der Waals surface area contributed by atoms with Gasteiger partial charge in [0.2, 0.25) is 0 Å². The van der Waals surface area contributed by atoms with E-state index in [1.54, 1.807) is 29.5 Å². The summed E-state index contributed by atoms with van der Waals surface area (Å²) in [6, 6.07) is 6.46. The third-order valence-electron chi connectivity index (χ3n) is 4.45. The van der Waals surface area contributed by atoms with Gasteiger partial charge in [0.1, 0.15) is 5.82 Å². The van der Waals surface area contributed by atoms with Gasteiger partial charge in [0.05, 0.1) is 16.8 Å². The van der Waals surface area contributed by atoms with Crippen molar-refractivity contribution in [1.82, 2.24) is 14.8 Å². The van der Waals surface area contributed by atoms with E-state index in [4.69, 9.17) is 0 Å². The molecule has 6 heteroatoms. The Morgan fingerprint density at radius 3 is 2.58 bits per heavy atom. The second-order valence-electron chi connectivity index (χ2n) is 6.20. The van der Waals surface area contributed by atoms with Crippen molar-refractivity contribution >= 4 is 11.3 Å². The van der Waals surface area contributed by atoms with Crippen molar-refractivity contribution < 1.29 is 9.50 Å². The molecule has 3 rings (SSSR count). The van der Waals surface area contributed by atoms with Gasteiger partial charge in [0.25, 0.3) is 0 Å². The average molecular weight is 349 g/mol. The third-order valence-corrected chi connectivity index (χ3v) is 5.49. The first-order valence-corrected chi connectivity index (χ1v) is 9.34. The van der Waals surface area contributed by atoms with Crippen molar-refractivity contribution in [1.29, 1.82) is 0 Å². The van der Waals surface area contributed by atoms with Crippen LogP contribution in [-0.2, 0) is 13.0 Å². The first-order valence-electron chi connectivity index (χ1n) is 8.46. The molecule has 0 aliphatic carbocycles. The molecular weight excluding hydrogens is 325 g/mol. The molecule has 2 aromatic rings. The summed E-state index contributed by atoms with van der Waals surface area (Å²) in [6.45, 7) is 7.16. The monoisotopic (exact) mass is 349 g/mol. The van der Waals surface area contributed by atoms with Crippen LogP contribution in [0.3, 0.4) is 0 Å². The van der Waals surface area contributed by atoms with E-state index in [0.717, 1.165) is 44.8 Å². The number of aliphatic hydroxyl groups excluding tert-OH is 1. The van der Waals surface area contributed by atoms with Crippen molar-refractivity contribution in [2.45, 2.75) is 26.0 Å². The lowest BCUT2D eigenvalue weighted by atomic mass is 10.1. The van der Waals surface area contributed by atoms with Crippen molar-refractivity contribution in [3.63, 3.8) is 0 Å². The van der Waals surface area contributed by atoms with E-state index in [0.29, 0.717) is 12.1 Å². The molecule has 1 fully saturated rings. The summed E-state index contributed by atoms with van der Waals surface area (Å²) in [7, 11) is 0. The van der Waals surface area contributed by atoms with Gasteiger partial charge >= 0.3 is 0 Å². The Bertz CT molecular complexity index is 655. The molecule has 0 spiro atoms. The Labute approximate surface area is 146 Å². The molecule has 1 atom stereocenters. The molecule has 24 heavy (non-hydrogen) atoms. The molecule has 0 radical (unpaired) electrons. The van der Waals surface area contributed by atoms with Crippen molar-refractivity contribution in [2.75, 3.05) is 32.7 Å². The highest BCUT2D eigenvalue weighted by Gasteiger charge is 2.21. The zero-order valence-corrected chi connectivity index (χ0v) is 14.8. The molecular formula is C18H24FN3OS. The lowest BCUT2D eigenvalue weighted by Gasteiger charge is -2.35. The van der Waals surface area contributed by atoms with Gasteiger partial charge < -0.3 is 5.11 Å². The molecule has 1 aliphatic rings. The molecule has 1 N–H and O–H groups in total. The number of nitrogens with zero attached hydrogens (tertiary/aromatic N) is 3. The summed E-state index contributed by atoms with van der Waals surface area (Å²) >= 11 is 1.73. The van der Waals surface area contributed by atoms with Crippen LogP contribution in [-0.4, -0.2) is 52.6 Å². The summed E-state index contributed by atoms with van der Waals surface area (Å²) in [5, 5.41) is 13.6. The van der Waals surface area contributed by atoms with Crippen molar-refractivity contribution in [2.24, 2.45) is 0 Å². The van der Waals surface area contributed by atoms with Crippen LogP contribution >= 0.6 is 11.3 Å². The van der Waals surface area contributed by atoms with Gasteiger partial charge in [-0.25, -0.2) is 9.37 Å². The highest BCUT2D eigenvalue weighted by Crippen LogP contribution is 2.19. The molecule has 130 valence electrons. The van der Waals surface area contributed by atoms with Crippen LogP contribution < -0.4 is 0 Å². The Balaban J connectivity index is 1.47. The zero-order valence-electron chi connectivity index (χ0n) is 14.0. The van der Waals surface area contributed by atoms with E-state index in [1.165, 1.54) is 11.1 Å². The van der Waals surface area contributed by atoms with Crippen LogP contribution in [0, 0.1) is 5.82 Å². The van der Waals surface area contributed by atoms with E-state index in [1.807, 2.05) is 0 Å². The smallest absolute Gasteiger partial charge is 0.129 e.